The molecule has 2 unspecified atom stereocenters. The molecule has 0 amide bonds. The monoisotopic (exact) mass is 415 g/mol. The summed E-state index contributed by atoms with van der Waals surface area (Å²) in [6.45, 7) is 5.68. The first-order chi connectivity index (χ1) is 15.2. The van der Waals surface area contributed by atoms with E-state index in [4.69, 9.17) is 4.74 Å². The largest absolute Gasteiger partial charge is 0.494 e. The minimum atomic E-state index is -1.03. The van der Waals surface area contributed by atoms with Crippen molar-refractivity contribution in [1.82, 2.24) is 4.90 Å². The van der Waals surface area contributed by atoms with Crippen molar-refractivity contribution in [3.05, 3.63) is 102 Å². The van der Waals surface area contributed by atoms with Crippen molar-refractivity contribution in [3.8, 4) is 5.75 Å². The summed E-state index contributed by atoms with van der Waals surface area (Å²) in [7, 11) is 0. The maximum absolute atomic E-state index is 12.5. The molecule has 4 rings (SSSR count). The standard InChI is InChI=1S/C28H33NO2/c1-2-31-26-17-15-25(16-18-26)28(30,21-23-11-5-3-6-12-23)27(22-29-19-9-10-20-29)24-13-7-4-8-14-24/h3-8,11-18,27,30H,2,9-10,19-22H2,1H3. The number of rotatable bonds is 9. The quantitative estimate of drug-likeness (QED) is 0.508. The van der Waals surface area contributed by atoms with Crippen LogP contribution in [-0.4, -0.2) is 36.2 Å². The molecule has 3 aromatic rings. The maximum Gasteiger partial charge on any atom is 0.119 e. The molecule has 0 bridgehead atoms. The van der Waals surface area contributed by atoms with Gasteiger partial charge in [-0.05, 0) is 61.7 Å². The molecule has 162 valence electrons. The molecule has 0 radical (unpaired) electrons. The van der Waals surface area contributed by atoms with Gasteiger partial charge in [-0.15, -0.1) is 0 Å². The molecule has 1 aliphatic heterocycles. The third-order valence-electron chi connectivity index (χ3n) is 6.40. The van der Waals surface area contributed by atoms with Gasteiger partial charge in [0, 0.05) is 18.9 Å². The smallest absolute Gasteiger partial charge is 0.119 e. The third kappa shape index (κ3) is 5.17. The molecule has 0 aromatic heterocycles. The number of nitrogens with zero attached hydrogens (tertiary/aromatic N) is 1. The van der Waals surface area contributed by atoms with Crippen molar-refractivity contribution >= 4 is 0 Å². The van der Waals surface area contributed by atoms with Crippen molar-refractivity contribution < 1.29 is 9.84 Å². The zero-order valence-electron chi connectivity index (χ0n) is 18.4. The molecule has 31 heavy (non-hydrogen) atoms. The van der Waals surface area contributed by atoms with Gasteiger partial charge in [0.1, 0.15) is 11.4 Å². The highest BCUT2D eigenvalue weighted by molar-refractivity contribution is 5.37. The molecular weight excluding hydrogens is 382 g/mol. The summed E-state index contributed by atoms with van der Waals surface area (Å²) in [6.07, 6.45) is 3.04. The average Bonchev–Trinajstić information content (AvgIpc) is 3.33. The minimum Gasteiger partial charge on any atom is -0.494 e. The van der Waals surface area contributed by atoms with Crippen LogP contribution in [0, 0.1) is 0 Å². The lowest BCUT2D eigenvalue weighted by Gasteiger charge is -2.39. The Morgan fingerprint density at radius 3 is 2.10 bits per heavy atom. The summed E-state index contributed by atoms with van der Waals surface area (Å²) < 4.78 is 5.65. The van der Waals surface area contributed by atoms with Crippen LogP contribution in [0.1, 0.15) is 42.4 Å². The first-order valence-corrected chi connectivity index (χ1v) is 11.5. The summed E-state index contributed by atoms with van der Waals surface area (Å²) in [5, 5.41) is 12.5. The van der Waals surface area contributed by atoms with E-state index < -0.39 is 5.60 Å². The van der Waals surface area contributed by atoms with E-state index in [-0.39, 0.29) is 5.92 Å². The lowest BCUT2D eigenvalue weighted by molar-refractivity contribution is -0.00293. The Bertz CT molecular complexity index is 920. The molecular formula is C28H33NO2. The van der Waals surface area contributed by atoms with E-state index >= 15 is 0 Å². The SMILES string of the molecule is CCOc1ccc(C(O)(Cc2ccccc2)C(CN2CCCC2)c2ccccc2)cc1. The van der Waals surface area contributed by atoms with Crippen molar-refractivity contribution in [2.45, 2.75) is 37.7 Å². The van der Waals surface area contributed by atoms with Gasteiger partial charge in [-0.2, -0.15) is 0 Å². The fourth-order valence-corrected chi connectivity index (χ4v) is 4.78. The predicted molar refractivity (Wildman–Crippen MR) is 127 cm³/mol. The minimum absolute atomic E-state index is 0.0371. The van der Waals surface area contributed by atoms with Crippen molar-refractivity contribution in [2.75, 3.05) is 26.2 Å². The molecule has 1 heterocycles. The fraction of sp³-hybridized carbons (Fsp3) is 0.357. The van der Waals surface area contributed by atoms with Gasteiger partial charge in [-0.1, -0.05) is 72.8 Å². The molecule has 1 saturated heterocycles. The second-order valence-corrected chi connectivity index (χ2v) is 8.52. The lowest BCUT2D eigenvalue weighted by Crippen LogP contribution is -2.42. The molecule has 2 atom stereocenters. The number of benzene rings is 3. The fourth-order valence-electron chi connectivity index (χ4n) is 4.78. The van der Waals surface area contributed by atoms with E-state index in [1.54, 1.807) is 0 Å². The molecule has 0 saturated carbocycles. The van der Waals surface area contributed by atoms with E-state index in [2.05, 4.69) is 41.3 Å². The normalized spacial score (nSPS) is 17.2. The molecule has 1 N–H and O–H groups in total. The van der Waals surface area contributed by atoms with Gasteiger partial charge in [0.25, 0.3) is 0 Å². The van der Waals surface area contributed by atoms with Crippen LogP contribution in [-0.2, 0) is 12.0 Å². The van der Waals surface area contributed by atoms with Crippen LogP contribution in [0.2, 0.25) is 0 Å². The van der Waals surface area contributed by atoms with Crippen LogP contribution in [0.25, 0.3) is 0 Å². The van der Waals surface area contributed by atoms with Crippen LogP contribution in [0.3, 0.4) is 0 Å². The third-order valence-corrected chi connectivity index (χ3v) is 6.40. The highest BCUT2D eigenvalue weighted by Crippen LogP contribution is 2.41. The Balaban J connectivity index is 1.77. The van der Waals surface area contributed by atoms with Gasteiger partial charge < -0.3 is 14.7 Å². The highest BCUT2D eigenvalue weighted by Gasteiger charge is 2.40. The number of aliphatic hydroxyl groups is 1. The number of likely N-dealkylation sites (tertiary alicyclic amines) is 1. The number of hydrogen-bond acceptors (Lipinski definition) is 3. The van der Waals surface area contributed by atoms with Crippen molar-refractivity contribution in [3.63, 3.8) is 0 Å². The summed E-state index contributed by atoms with van der Waals surface area (Å²) in [5.74, 6) is 0.800. The first-order valence-electron chi connectivity index (χ1n) is 11.5. The molecule has 3 nitrogen and oxygen atoms in total. The average molecular weight is 416 g/mol. The van der Waals surface area contributed by atoms with E-state index in [1.807, 2.05) is 55.5 Å². The molecule has 0 spiro atoms. The van der Waals surface area contributed by atoms with Gasteiger partial charge in [0.15, 0.2) is 0 Å². The van der Waals surface area contributed by atoms with E-state index in [9.17, 15) is 5.11 Å². The van der Waals surface area contributed by atoms with E-state index in [0.717, 1.165) is 36.5 Å². The lowest BCUT2D eigenvalue weighted by atomic mass is 9.73. The molecule has 3 heteroatoms. The Kier molecular flexibility index (Phi) is 7.06. The summed E-state index contributed by atoms with van der Waals surface area (Å²) in [4.78, 5) is 2.50. The van der Waals surface area contributed by atoms with Crippen molar-refractivity contribution in [1.29, 1.82) is 0 Å². The number of hydrogen-bond donors (Lipinski definition) is 1. The zero-order chi connectivity index (χ0) is 21.5. The molecule has 0 aliphatic carbocycles. The van der Waals surface area contributed by atoms with Gasteiger partial charge in [0.2, 0.25) is 0 Å². The second kappa shape index (κ2) is 10.1. The van der Waals surface area contributed by atoms with Gasteiger partial charge in [-0.25, -0.2) is 0 Å². The Morgan fingerprint density at radius 1 is 0.871 bits per heavy atom. The molecule has 3 aromatic carbocycles. The Morgan fingerprint density at radius 2 is 1.48 bits per heavy atom. The predicted octanol–water partition coefficient (Wildman–Crippen LogP) is 5.40. The zero-order valence-corrected chi connectivity index (χ0v) is 18.4. The van der Waals surface area contributed by atoms with Gasteiger partial charge in [0.05, 0.1) is 6.61 Å². The number of ether oxygens (including phenoxy) is 1. The van der Waals surface area contributed by atoms with Crippen LogP contribution < -0.4 is 4.74 Å². The topological polar surface area (TPSA) is 32.7 Å². The van der Waals surface area contributed by atoms with Crippen LogP contribution in [0.15, 0.2) is 84.9 Å². The second-order valence-electron chi connectivity index (χ2n) is 8.52. The van der Waals surface area contributed by atoms with Gasteiger partial charge in [-0.3, -0.25) is 0 Å². The summed E-state index contributed by atoms with van der Waals surface area (Å²) in [6, 6.07) is 28.9. The van der Waals surface area contributed by atoms with Crippen LogP contribution in [0.5, 0.6) is 5.75 Å². The summed E-state index contributed by atoms with van der Waals surface area (Å²) >= 11 is 0. The molecule has 1 aliphatic rings. The highest BCUT2D eigenvalue weighted by atomic mass is 16.5. The first kappa shape index (κ1) is 21.6. The molecule has 1 fully saturated rings. The Labute approximate surface area is 186 Å². The van der Waals surface area contributed by atoms with Crippen LogP contribution >= 0.6 is 0 Å². The van der Waals surface area contributed by atoms with E-state index in [0.29, 0.717) is 13.0 Å². The van der Waals surface area contributed by atoms with Gasteiger partial charge >= 0.3 is 0 Å². The Hall–Kier alpha value is -2.62. The summed E-state index contributed by atoms with van der Waals surface area (Å²) in [5.41, 5.74) is 2.23. The van der Waals surface area contributed by atoms with Crippen LogP contribution in [0.4, 0.5) is 0 Å². The van der Waals surface area contributed by atoms with Crippen molar-refractivity contribution in [2.24, 2.45) is 0 Å². The maximum atomic E-state index is 12.5. The van der Waals surface area contributed by atoms with E-state index in [1.165, 1.54) is 18.4 Å².